The second kappa shape index (κ2) is 5.65. The molecule has 0 amide bonds. The maximum absolute atomic E-state index is 5.79. The van der Waals surface area contributed by atoms with Gasteiger partial charge in [0.2, 0.25) is 0 Å². The van der Waals surface area contributed by atoms with Crippen molar-refractivity contribution in [2.24, 2.45) is 10.7 Å². The largest absolute Gasteiger partial charge is 0.489 e. The van der Waals surface area contributed by atoms with Crippen molar-refractivity contribution in [3.8, 4) is 5.75 Å². The number of aliphatic imine (C=N–C) groups is 1. The molecular weight excluding hydrogens is 252 g/mol. The molecule has 0 unspecified atom stereocenters. The van der Waals surface area contributed by atoms with E-state index in [4.69, 9.17) is 15.2 Å². The summed E-state index contributed by atoms with van der Waals surface area (Å²) in [6, 6.07) is 18.2. The molecule has 0 radical (unpaired) electrons. The number of hydrogen-bond acceptors (Lipinski definition) is 4. The first-order valence-electron chi connectivity index (χ1n) is 6.54. The minimum Gasteiger partial charge on any atom is -0.489 e. The summed E-state index contributed by atoms with van der Waals surface area (Å²) in [6.45, 7) is 1.11. The summed E-state index contributed by atoms with van der Waals surface area (Å²) < 4.78 is 11.2. The van der Waals surface area contributed by atoms with E-state index in [0.29, 0.717) is 13.2 Å². The monoisotopic (exact) mass is 268 g/mol. The van der Waals surface area contributed by atoms with Crippen LogP contribution in [-0.2, 0) is 11.3 Å². The highest BCUT2D eigenvalue weighted by Gasteiger charge is 2.19. The van der Waals surface area contributed by atoms with E-state index in [2.05, 4.69) is 4.99 Å². The molecule has 4 heteroatoms. The Hall–Kier alpha value is -2.49. The topological polar surface area (TPSA) is 56.8 Å². The van der Waals surface area contributed by atoms with Gasteiger partial charge in [0.25, 0.3) is 6.02 Å². The van der Waals surface area contributed by atoms with E-state index >= 15 is 0 Å². The fourth-order valence-corrected chi connectivity index (χ4v) is 2.11. The van der Waals surface area contributed by atoms with E-state index in [1.807, 2.05) is 54.6 Å². The Morgan fingerprint density at radius 3 is 2.75 bits per heavy atom. The summed E-state index contributed by atoms with van der Waals surface area (Å²) >= 11 is 0. The minimum atomic E-state index is -0.102. The third-order valence-electron chi connectivity index (χ3n) is 3.15. The molecule has 1 aliphatic heterocycles. The summed E-state index contributed by atoms with van der Waals surface area (Å²) in [6.07, 6.45) is -0.102. The van der Waals surface area contributed by atoms with Gasteiger partial charge in [0.1, 0.15) is 18.5 Å². The molecule has 0 spiro atoms. The van der Waals surface area contributed by atoms with Crippen molar-refractivity contribution < 1.29 is 9.47 Å². The van der Waals surface area contributed by atoms with E-state index in [9.17, 15) is 0 Å². The van der Waals surface area contributed by atoms with Gasteiger partial charge in [0.05, 0.1) is 6.54 Å². The highest BCUT2D eigenvalue weighted by Crippen LogP contribution is 2.25. The summed E-state index contributed by atoms with van der Waals surface area (Å²) in [4.78, 5) is 4.05. The normalized spacial score (nSPS) is 17.4. The standard InChI is InChI=1S/C16H16N2O2/c17-16-18-10-15(20-16)13-7-4-8-14(9-13)19-11-12-5-2-1-3-6-12/h1-9,15H,10-11H2,(H2,17,18)/t15-/m0/s1. The van der Waals surface area contributed by atoms with Gasteiger partial charge in [-0.2, -0.15) is 0 Å². The summed E-state index contributed by atoms with van der Waals surface area (Å²) in [5.41, 5.74) is 7.70. The SMILES string of the molecule is NC1=NC[C@@H](c2cccc(OCc3ccccc3)c2)O1. The first kappa shape index (κ1) is 12.5. The Kier molecular flexibility index (Phi) is 3.54. The quantitative estimate of drug-likeness (QED) is 0.927. The number of nitrogens with zero attached hydrogens (tertiary/aromatic N) is 1. The van der Waals surface area contributed by atoms with Gasteiger partial charge in [0.15, 0.2) is 0 Å². The molecule has 0 saturated heterocycles. The zero-order chi connectivity index (χ0) is 13.8. The highest BCUT2D eigenvalue weighted by molar-refractivity contribution is 5.73. The van der Waals surface area contributed by atoms with Crippen LogP contribution >= 0.6 is 0 Å². The van der Waals surface area contributed by atoms with E-state index in [1.54, 1.807) is 0 Å². The predicted molar refractivity (Wildman–Crippen MR) is 77.5 cm³/mol. The smallest absolute Gasteiger partial charge is 0.282 e. The zero-order valence-corrected chi connectivity index (χ0v) is 11.0. The molecule has 0 bridgehead atoms. The molecular formula is C16H16N2O2. The molecule has 1 aliphatic rings. The molecule has 1 heterocycles. The highest BCUT2D eigenvalue weighted by atomic mass is 16.5. The molecule has 0 saturated carbocycles. The van der Waals surface area contributed by atoms with Crippen LogP contribution in [0.4, 0.5) is 0 Å². The lowest BCUT2D eigenvalue weighted by Crippen LogP contribution is -2.13. The van der Waals surface area contributed by atoms with Gasteiger partial charge in [-0.15, -0.1) is 0 Å². The molecule has 0 fully saturated rings. The lowest BCUT2D eigenvalue weighted by atomic mass is 10.1. The molecule has 2 N–H and O–H groups in total. The van der Waals surface area contributed by atoms with E-state index in [1.165, 1.54) is 0 Å². The fourth-order valence-electron chi connectivity index (χ4n) is 2.11. The number of benzene rings is 2. The number of rotatable bonds is 4. The van der Waals surface area contributed by atoms with E-state index in [0.717, 1.165) is 16.9 Å². The van der Waals surface area contributed by atoms with Gasteiger partial charge in [-0.3, -0.25) is 0 Å². The number of amidine groups is 1. The summed E-state index contributed by atoms with van der Waals surface area (Å²) in [5.74, 6) is 0.820. The molecule has 3 rings (SSSR count). The van der Waals surface area contributed by atoms with Crippen molar-refractivity contribution in [2.45, 2.75) is 12.7 Å². The lowest BCUT2D eigenvalue weighted by molar-refractivity contribution is 0.225. The maximum atomic E-state index is 5.79. The Morgan fingerprint density at radius 2 is 2.00 bits per heavy atom. The first-order valence-corrected chi connectivity index (χ1v) is 6.54. The van der Waals surface area contributed by atoms with Crippen molar-refractivity contribution >= 4 is 6.02 Å². The van der Waals surface area contributed by atoms with Crippen LogP contribution in [0.3, 0.4) is 0 Å². The Balaban J connectivity index is 1.66. The lowest BCUT2D eigenvalue weighted by Gasteiger charge is -2.12. The average molecular weight is 268 g/mol. The molecule has 2 aromatic carbocycles. The van der Waals surface area contributed by atoms with Crippen molar-refractivity contribution in [3.05, 3.63) is 65.7 Å². The van der Waals surface area contributed by atoms with E-state index in [-0.39, 0.29) is 12.1 Å². The minimum absolute atomic E-state index is 0.102. The molecule has 2 aromatic rings. The van der Waals surface area contributed by atoms with Gasteiger partial charge < -0.3 is 15.2 Å². The van der Waals surface area contributed by atoms with Crippen molar-refractivity contribution in [3.63, 3.8) is 0 Å². The molecule has 1 atom stereocenters. The van der Waals surface area contributed by atoms with Gasteiger partial charge in [-0.05, 0) is 23.3 Å². The fraction of sp³-hybridized carbons (Fsp3) is 0.188. The van der Waals surface area contributed by atoms with Crippen molar-refractivity contribution in [1.29, 1.82) is 0 Å². The van der Waals surface area contributed by atoms with Crippen molar-refractivity contribution in [1.82, 2.24) is 0 Å². The summed E-state index contributed by atoms with van der Waals surface area (Å²) in [5, 5.41) is 0. The van der Waals surface area contributed by atoms with Gasteiger partial charge in [0, 0.05) is 0 Å². The van der Waals surface area contributed by atoms with Crippen LogP contribution in [0.5, 0.6) is 5.75 Å². The Labute approximate surface area is 117 Å². The van der Waals surface area contributed by atoms with Crippen LogP contribution in [-0.4, -0.2) is 12.6 Å². The third-order valence-corrected chi connectivity index (χ3v) is 3.15. The second-order valence-electron chi connectivity index (χ2n) is 4.63. The number of ether oxygens (including phenoxy) is 2. The van der Waals surface area contributed by atoms with Crippen LogP contribution < -0.4 is 10.5 Å². The van der Waals surface area contributed by atoms with Crippen molar-refractivity contribution in [2.75, 3.05) is 6.54 Å². The molecule has 0 aromatic heterocycles. The predicted octanol–water partition coefficient (Wildman–Crippen LogP) is 2.65. The van der Waals surface area contributed by atoms with E-state index < -0.39 is 0 Å². The maximum Gasteiger partial charge on any atom is 0.282 e. The molecule has 20 heavy (non-hydrogen) atoms. The first-order chi connectivity index (χ1) is 9.81. The third kappa shape index (κ3) is 2.91. The van der Waals surface area contributed by atoms with Crippen LogP contribution in [0.2, 0.25) is 0 Å². The van der Waals surface area contributed by atoms with Crippen LogP contribution in [0, 0.1) is 0 Å². The molecule has 0 aliphatic carbocycles. The number of nitrogens with two attached hydrogens (primary N) is 1. The van der Waals surface area contributed by atoms with Gasteiger partial charge >= 0.3 is 0 Å². The summed E-state index contributed by atoms with van der Waals surface area (Å²) in [7, 11) is 0. The Bertz CT molecular complexity index is 611. The molecule has 4 nitrogen and oxygen atoms in total. The van der Waals surface area contributed by atoms with Crippen LogP contribution in [0.1, 0.15) is 17.2 Å². The Morgan fingerprint density at radius 1 is 1.15 bits per heavy atom. The van der Waals surface area contributed by atoms with Gasteiger partial charge in [-0.1, -0.05) is 42.5 Å². The zero-order valence-electron chi connectivity index (χ0n) is 11.0. The van der Waals surface area contributed by atoms with Gasteiger partial charge in [-0.25, -0.2) is 4.99 Å². The number of hydrogen-bond donors (Lipinski definition) is 1. The molecule has 102 valence electrons. The average Bonchev–Trinajstić information content (AvgIpc) is 2.93. The van der Waals surface area contributed by atoms with Crippen LogP contribution in [0.25, 0.3) is 0 Å². The second-order valence-corrected chi connectivity index (χ2v) is 4.63. The van der Waals surface area contributed by atoms with Crippen LogP contribution in [0.15, 0.2) is 59.6 Å².